The van der Waals surface area contributed by atoms with E-state index < -0.39 is 11.4 Å². The molecule has 0 bridgehead atoms. The fourth-order valence-corrected chi connectivity index (χ4v) is 2.92. The van der Waals surface area contributed by atoms with Crippen LogP contribution in [-0.4, -0.2) is 24.1 Å². The molecule has 0 saturated heterocycles. The SMILES string of the molecule is C#CC#CC#COc1ccc(/C=C/C(=O)O[C@H]2CC[C@H](OC(=O)C(C)(C)CC)CC2)cc1. The molecule has 0 aromatic heterocycles. The first-order chi connectivity index (χ1) is 15.3. The van der Waals surface area contributed by atoms with Gasteiger partial charge in [0.1, 0.15) is 24.1 Å². The van der Waals surface area contributed by atoms with Crippen LogP contribution in [0.25, 0.3) is 6.08 Å². The summed E-state index contributed by atoms with van der Waals surface area (Å²) >= 11 is 0. The van der Waals surface area contributed by atoms with Gasteiger partial charge in [-0.2, -0.15) is 0 Å². The van der Waals surface area contributed by atoms with Gasteiger partial charge in [0.2, 0.25) is 0 Å². The molecular formula is C27H28O5. The number of hydrogen-bond donors (Lipinski definition) is 0. The van der Waals surface area contributed by atoms with E-state index in [0.717, 1.165) is 12.0 Å². The summed E-state index contributed by atoms with van der Waals surface area (Å²) in [4.78, 5) is 24.4. The average Bonchev–Trinajstić information content (AvgIpc) is 2.79. The van der Waals surface area contributed by atoms with E-state index in [0.29, 0.717) is 31.4 Å². The number of carbonyl (C=O) groups excluding carboxylic acids is 2. The molecule has 1 aromatic carbocycles. The molecule has 32 heavy (non-hydrogen) atoms. The highest BCUT2D eigenvalue weighted by molar-refractivity contribution is 5.87. The summed E-state index contributed by atoms with van der Waals surface area (Å²) < 4.78 is 16.4. The number of carbonyl (C=O) groups is 2. The fourth-order valence-electron chi connectivity index (χ4n) is 2.92. The Kier molecular flexibility index (Phi) is 9.46. The van der Waals surface area contributed by atoms with Crippen LogP contribution in [0.15, 0.2) is 30.3 Å². The number of benzene rings is 1. The molecule has 0 atom stereocenters. The molecule has 0 aliphatic heterocycles. The molecule has 0 radical (unpaired) electrons. The first-order valence-electron chi connectivity index (χ1n) is 10.7. The first-order valence-corrected chi connectivity index (χ1v) is 10.7. The van der Waals surface area contributed by atoms with Gasteiger partial charge < -0.3 is 14.2 Å². The minimum absolute atomic E-state index is 0.103. The largest absolute Gasteiger partial charge is 0.462 e. The Morgan fingerprint density at radius 3 is 2.25 bits per heavy atom. The molecule has 2 rings (SSSR count). The van der Waals surface area contributed by atoms with Crippen molar-refractivity contribution >= 4 is 18.0 Å². The number of terminal acetylenes is 1. The molecule has 1 fully saturated rings. The van der Waals surface area contributed by atoms with Crippen LogP contribution in [0.2, 0.25) is 0 Å². The Morgan fingerprint density at radius 2 is 1.66 bits per heavy atom. The van der Waals surface area contributed by atoms with E-state index in [1.165, 1.54) is 6.08 Å². The van der Waals surface area contributed by atoms with Crippen LogP contribution < -0.4 is 4.74 Å². The summed E-state index contributed by atoms with van der Waals surface area (Å²) in [6.45, 7) is 5.76. The van der Waals surface area contributed by atoms with Crippen LogP contribution in [0.1, 0.15) is 58.4 Å². The molecular weight excluding hydrogens is 404 g/mol. The molecule has 5 nitrogen and oxygen atoms in total. The quantitative estimate of drug-likeness (QED) is 0.360. The molecule has 1 aliphatic carbocycles. The van der Waals surface area contributed by atoms with Crippen LogP contribution in [0.4, 0.5) is 0 Å². The van der Waals surface area contributed by atoms with Gasteiger partial charge in [-0.05, 0) is 81.6 Å². The van der Waals surface area contributed by atoms with Crippen molar-refractivity contribution in [3.63, 3.8) is 0 Å². The summed E-state index contributed by atoms with van der Waals surface area (Å²) in [6, 6.07) is 7.06. The summed E-state index contributed by atoms with van der Waals surface area (Å²) in [5.41, 5.74) is 0.353. The maximum absolute atomic E-state index is 12.2. The van der Waals surface area contributed by atoms with Crippen molar-refractivity contribution in [3.05, 3.63) is 35.9 Å². The number of esters is 2. The van der Waals surface area contributed by atoms with E-state index in [2.05, 4.69) is 29.8 Å². The molecule has 0 heterocycles. The van der Waals surface area contributed by atoms with Crippen molar-refractivity contribution in [2.24, 2.45) is 5.41 Å². The van der Waals surface area contributed by atoms with Crippen molar-refractivity contribution in [3.8, 4) is 42.0 Å². The maximum atomic E-state index is 12.2. The zero-order valence-electron chi connectivity index (χ0n) is 18.8. The van der Waals surface area contributed by atoms with Crippen molar-refractivity contribution in [1.82, 2.24) is 0 Å². The zero-order valence-corrected chi connectivity index (χ0v) is 18.8. The summed E-state index contributed by atoms with van der Waals surface area (Å²) in [6.07, 6.45) is 13.7. The first kappa shape index (κ1) is 24.6. The molecule has 166 valence electrons. The Morgan fingerprint density at radius 1 is 1.03 bits per heavy atom. The summed E-state index contributed by atoms with van der Waals surface area (Å²) in [5, 5.41) is 0. The van der Waals surface area contributed by atoms with E-state index in [1.807, 2.05) is 20.8 Å². The van der Waals surface area contributed by atoms with Gasteiger partial charge in [0.15, 0.2) is 0 Å². The highest BCUT2D eigenvalue weighted by Gasteiger charge is 2.32. The third-order valence-corrected chi connectivity index (χ3v) is 5.32. The minimum atomic E-state index is -0.470. The van der Waals surface area contributed by atoms with Crippen LogP contribution in [-0.2, 0) is 19.1 Å². The predicted molar refractivity (Wildman–Crippen MR) is 123 cm³/mol. The fraction of sp³-hybridized carbons (Fsp3) is 0.407. The van der Waals surface area contributed by atoms with Gasteiger partial charge in [-0.3, -0.25) is 4.79 Å². The van der Waals surface area contributed by atoms with Gasteiger partial charge in [0.25, 0.3) is 0 Å². The molecule has 0 spiro atoms. The monoisotopic (exact) mass is 432 g/mol. The topological polar surface area (TPSA) is 61.8 Å². The van der Waals surface area contributed by atoms with Crippen LogP contribution >= 0.6 is 0 Å². The van der Waals surface area contributed by atoms with Gasteiger partial charge in [0, 0.05) is 17.9 Å². The molecule has 5 heteroatoms. The average molecular weight is 433 g/mol. The molecule has 1 saturated carbocycles. The minimum Gasteiger partial charge on any atom is -0.462 e. The Bertz CT molecular complexity index is 979. The standard InChI is InChI=1S/C27H28O5/c1-5-7-8-9-20-30-22-13-10-21(11-14-22)12-19-25(28)31-23-15-17-24(18-16-23)32-26(29)27(3,4)6-2/h1,10-14,19,23-24H,6,15-18H2,2-4H3/b19-12+/t23-,24-. The molecule has 0 amide bonds. The number of rotatable bonds is 7. The normalized spacial score (nSPS) is 17.7. The van der Waals surface area contributed by atoms with Crippen molar-refractivity contribution in [1.29, 1.82) is 0 Å². The lowest BCUT2D eigenvalue weighted by atomic mass is 9.90. The molecule has 1 aromatic rings. The third kappa shape index (κ3) is 8.25. The lowest BCUT2D eigenvalue weighted by Gasteiger charge is -2.30. The predicted octanol–water partition coefficient (Wildman–Crippen LogP) is 4.51. The Labute approximate surface area is 190 Å². The third-order valence-electron chi connectivity index (χ3n) is 5.32. The smallest absolute Gasteiger partial charge is 0.331 e. The molecule has 1 aliphatic rings. The van der Waals surface area contributed by atoms with Crippen LogP contribution in [0, 0.1) is 41.6 Å². The summed E-state index contributed by atoms with van der Waals surface area (Å²) in [7, 11) is 0. The lowest BCUT2D eigenvalue weighted by molar-refractivity contribution is -0.164. The molecule has 0 unspecified atom stereocenters. The van der Waals surface area contributed by atoms with Crippen molar-refractivity contribution < 1.29 is 23.8 Å². The van der Waals surface area contributed by atoms with Gasteiger partial charge in [-0.15, -0.1) is 6.42 Å². The highest BCUT2D eigenvalue weighted by atomic mass is 16.6. The van der Waals surface area contributed by atoms with E-state index in [4.69, 9.17) is 20.6 Å². The van der Waals surface area contributed by atoms with Crippen LogP contribution in [0.5, 0.6) is 5.75 Å². The van der Waals surface area contributed by atoms with Crippen molar-refractivity contribution in [2.75, 3.05) is 0 Å². The van der Waals surface area contributed by atoms with Crippen molar-refractivity contribution in [2.45, 2.75) is 65.1 Å². The van der Waals surface area contributed by atoms with Crippen LogP contribution in [0.3, 0.4) is 0 Å². The van der Waals surface area contributed by atoms with E-state index in [1.54, 1.807) is 30.3 Å². The second-order valence-electron chi connectivity index (χ2n) is 8.10. The maximum Gasteiger partial charge on any atom is 0.331 e. The zero-order chi connectivity index (χ0) is 23.4. The number of ether oxygens (including phenoxy) is 3. The van der Waals surface area contributed by atoms with Gasteiger partial charge in [0.05, 0.1) is 5.41 Å². The second kappa shape index (κ2) is 12.3. The van der Waals surface area contributed by atoms with Gasteiger partial charge in [-0.1, -0.05) is 19.1 Å². The summed E-state index contributed by atoms with van der Waals surface area (Å²) in [5.74, 6) is 9.44. The van der Waals surface area contributed by atoms with Gasteiger partial charge >= 0.3 is 11.9 Å². The Balaban J connectivity index is 1.75. The highest BCUT2D eigenvalue weighted by Crippen LogP contribution is 2.28. The lowest BCUT2D eigenvalue weighted by Crippen LogP contribution is -2.34. The van der Waals surface area contributed by atoms with E-state index in [9.17, 15) is 9.59 Å². The molecule has 0 N–H and O–H groups in total. The van der Waals surface area contributed by atoms with Gasteiger partial charge in [-0.25, -0.2) is 4.79 Å². The van der Waals surface area contributed by atoms with E-state index >= 15 is 0 Å². The second-order valence-corrected chi connectivity index (χ2v) is 8.10. The van der Waals surface area contributed by atoms with E-state index in [-0.39, 0.29) is 18.2 Å². The number of hydrogen-bond acceptors (Lipinski definition) is 5. The Hall–Kier alpha value is -3.62.